The number of aromatic nitrogens is 3. The van der Waals surface area contributed by atoms with Crippen LogP contribution >= 0.6 is 11.3 Å². The first-order chi connectivity index (χ1) is 22.7. The van der Waals surface area contributed by atoms with Crippen molar-refractivity contribution >= 4 is 23.2 Å². The van der Waals surface area contributed by atoms with Gasteiger partial charge in [-0.2, -0.15) is 0 Å². The van der Waals surface area contributed by atoms with Crippen molar-refractivity contribution in [1.82, 2.24) is 25.4 Å². The maximum absolute atomic E-state index is 14.0. The number of nitrogens with one attached hydrogen (secondary N) is 1. The first-order valence-electron chi connectivity index (χ1n) is 15.5. The Bertz CT molecular complexity index is 2010. The molecule has 1 unspecified atom stereocenters. The number of rotatable bonds is 9. The van der Waals surface area contributed by atoms with Gasteiger partial charge in [-0.15, -0.1) is 21.5 Å². The zero-order valence-corrected chi connectivity index (χ0v) is 26.5. The number of benzene rings is 2. The molecule has 1 N–H and O–H groups in total. The van der Waals surface area contributed by atoms with Crippen LogP contribution in [0.1, 0.15) is 87.1 Å². The molecule has 2 aliphatic heterocycles. The zero-order valence-electron chi connectivity index (χ0n) is 25.6. The van der Waals surface area contributed by atoms with Crippen LogP contribution in [0, 0.1) is 17.5 Å². The van der Waals surface area contributed by atoms with Crippen LogP contribution in [0.3, 0.4) is 0 Å². The maximum atomic E-state index is 14.0. The van der Waals surface area contributed by atoms with Gasteiger partial charge in [-0.05, 0) is 73.2 Å². The molecule has 0 radical (unpaired) electrons. The summed E-state index contributed by atoms with van der Waals surface area (Å²) in [7, 11) is 0. The van der Waals surface area contributed by atoms with Gasteiger partial charge in [0.05, 0.1) is 33.4 Å². The number of carbonyl (C=O) groups excluding carboxylic acids is 2. The number of pyridine rings is 1. The van der Waals surface area contributed by atoms with E-state index in [0.29, 0.717) is 68.7 Å². The lowest BCUT2D eigenvalue weighted by Crippen LogP contribution is -2.23. The molecular formula is C35H30F3N5O3S. The lowest BCUT2D eigenvalue weighted by Gasteiger charge is -2.16. The SMILES string of the molecule is CC(C)c1nnc(-c2c(CCc3ccc(F)cc3)nc3c(c2-c2ccc(C(=O)NCc4ccc(F)c(F)c4)s2)C(=O)N2CCCC32)o1. The predicted molar refractivity (Wildman–Crippen MR) is 169 cm³/mol. The van der Waals surface area contributed by atoms with Gasteiger partial charge >= 0.3 is 0 Å². The molecule has 1 saturated heterocycles. The van der Waals surface area contributed by atoms with Crippen molar-refractivity contribution in [2.45, 2.75) is 58.0 Å². The Morgan fingerprint density at radius 1 is 0.979 bits per heavy atom. The Hall–Kier alpha value is -4.84. The van der Waals surface area contributed by atoms with E-state index >= 15 is 0 Å². The fourth-order valence-electron chi connectivity index (χ4n) is 6.20. The second kappa shape index (κ2) is 12.4. The molecule has 5 aromatic rings. The minimum atomic E-state index is -0.990. The van der Waals surface area contributed by atoms with E-state index in [1.54, 1.807) is 24.3 Å². The summed E-state index contributed by atoms with van der Waals surface area (Å²) in [5, 5.41) is 11.4. The van der Waals surface area contributed by atoms with Crippen molar-refractivity contribution < 1.29 is 27.2 Å². The molecule has 0 bridgehead atoms. The van der Waals surface area contributed by atoms with E-state index in [2.05, 4.69) is 15.5 Å². The first-order valence-corrected chi connectivity index (χ1v) is 16.3. The summed E-state index contributed by atoms with van der Waals surface area (Å²) in [5.74, 6) is -2.17. The van der Waals surface area contributed by atoms with Crippen LogP contribution in [0.5, 0.6) is 0 Å². The molecule has 240 valence electrons. The van der Waals surface area contributed by atoms with E-state index in [0.717, 1.165) is 30.5 Å². The number of carbonyl (C=O) groups is 2. The van der Waals surface area contributed by atoms with Crippen LogP contribution in [0.2, 0.25) is 0 Å². The molecule has 5 heterocycles. The highest BCUT2D eigenvalue weighted by Gasteiger charge is 2.45. The number of nitrogens with zero attached hydrogens (tertiary/aromatic N) is 4. The fourth-order valence-corrected chi connectivity index (χ4v) is 7.18. The van der Waals surface area contributed by atoms with Gasteiger partial charge in [-0.25, -0.2) is 13.2 Å². The van der Waals surface area contributed by atoms with Crippen molar-refractivity contribution in [3.8, 4) is 21.9 Å². The lowest BCUT2D eigenvalue weighted by molar-refractivity contribution is 0.0776. The molecule has 3 aromatic heterocycles. The molecule has 47 heavy (non-hydrogen) atoms. The summed E-state index contributed by atoms with van der Waals surface area (Å²) in [6, 6.07) is 13.1. The molecule has 2 amide bonds. The summed E-state index contributed by atoms with van der Waals surface area (Å²) >= 11 is 1.20. The van der Waals surface area contributed by atoms with Gasteiger partial charge in [0.25, 0.3) is 11.8 Å². The number of amides is 2. The summed E-state index contributed by atoms with van der Waals surface area (Å²) in [5.41, 5.74) is 4.29. The van der Waals surface area contributed by atoms with Gasteiger partial charge < -0.3 is 14.6 Å². The average molecular weight is 658 g/mol. The maximum Gasteiger partial charge on any atom is 0.261 e. The molecule has 7 rings (SSSR count). The van der Waals surface area contributed by atoms with Gasteiger partial charge in [0.1, 0.15) is 5.82 Å². The van der Waals surface area contributed by atoms with E-state index in [4.69, 9.17) is 9.40 Å². The Balaban J connectivity index is 1.32. The topological polar surface area (TPSA) is 101 Å². The van der Waals surface area contributed by atoms with Crippen LogP contribution < -0.4 is 5.32 Å². The molecule has 8 nitrogen and oxygen atoms in total. The summed E-state index contributed by atoms with van der Waals surface area (Å²) < 4.78 is 46.9. The van der Waals surface area contributed by atoms with Crippen molar-refractivity contribution in [3.63, 3.8) is 0 Å². The molecule has 0 spiro atoms. The third-order valence-electron chi connectivity index (χ3n) is 8.57. The summed E-state index contributed by atoms with van der Waals surface area (Å²) in [4.78, 5) is 35.2. The monoisotopic (exact) mass is 657 g/mol. The Kier molecular flexibility index (Phi) is 8.13. The minimum Gasteiger partial charge on any atom is -0.420 e. The van der Waals surface area contributed by atoms with E-state index in [1.807, 2.05) is 18.7 Å². The van der Waals surface area contributed by atoms with E-state index in [1.165, 1.54) is 29.5 Å². The predicted octanol–water partition coefficient (Wildman–Crippen LogP) is 7.41. The van der Waals surface area contributed by atoms with Gasteiger partial charge in [-0.1, -0.05) is 32.0 Å². The van der Waals surface area contributed by atoms with Crippen molar-refractivity contribution in [1.29, 1.82) is 0 Å². The van der Waals surface area contributed by atoms with Gasteiger partial charge in [0.15, 0.2) is 11.6 Å². The number of thiophene rings is 1. The van der Waals surface area contributed by atoms with Crippen molar-refractivity contribution in [2.75, 3.05) is 6.54 Å². The highest BCUT2D eigenvalue weighted by molar-refractivity contribution is 7.17. The average Bonchev–Trinajstić information content (AvgIpc) is 3.87. The van der Waals surface area contributed by atoms with Gasteiger partial charge in [0, 0.05) is 29.4 Å². The normalized spacial score (nSPS) is 15.4. The smallest absolute Gasteiger partial charge is 0.261 e. The lowest BCUT2D eigenvalue weighted by atomic mass is 9.93. The second-order valence-corrected chi connectivity index (χ2v) is 13.1. The standard InChI is InChI=1S/C35H30F3N5O3S/c1-18(2)33-41-42-34(46-33)28-24(12-8-19-5-9-21(36)10-6-19)40-31-25-4-3-15-43(25)35(45)30(31)29(28)26-13-14-27(47-26)32(44)39-17-20-7-11-22(37)23(38)16-20/h5-7,9-11,13-14,16,18,25H,3-4,8,12,15,17H2,1-2H3,(H,39,44). The third-order valence-corrected chi connectivity index (χ3v) is 9.67. The first kappa shape index (κ1) is 30.8. The fraction of sp³-hybridized carbons (Fsp3) is 0.286. The number of halogens is 3. The number of hydrogen-bond acceptors (Lipinski definition) is 7. The van der Waals surface area contributed by atoms with Crippen LogP contribution in [0.4, 0.5) is 13.2 Å². The Morgan fingerprint density at radius 2 is 1.77 bits per heavy atom. The minimum absolute atomic E-state index is 0.00178. The van der Waals surface area contributed by atoms with Crippen molar-refractivity contribution in [3.05, 3.63) is 111 Å². The summed E-state index contributed by atoms with van der Waals surface area (Å²) in [6.07, 6.45) is 2.67. The number of aryl methyl sites for hydroxylation is 2. The zero-order chi connectivity index (χ0) is 32.8. The molecule has 1 atom stereocenters. The van der Waals surface area contributed by atoms with E-state index < -0.39 is 17.5 Å². The summed E-state index contributed by atoms with van der Waals surface area (Å²) in [6.45, 7) is 4.51. The van der Waals surface area contributed by atoms with Gasteiger partial charge in [-0.3, -0.25) is 14.6 Å². The largest absolute Gasteiger partial charge is 0.420 e. The van der Waals surface area contributed by atoms with Gasteiger partial charge in [0.2, 0.25) is 11.8 Å². The molecule has 0 aliphatic carbocycles. The number of hydrogen-bond donors (Lipinski definition) is 1. The van der Waals surface area contributed by atoms with Crippen LogP contribution in [-0.4, -0.2) is 38.4 Å². The van der Waals surface area contributed by atoms with Crippen LogP contribution in [0.15, 0.2) is 59.0 Å². The second-order valence-electron chi connectivity index (χ2n) is 12.0. The third kappa shape index (κ3) is 5.82. The molecular weight excluding hydrogens is 627 g/mol. The van der Waals surface area contributed by atoms with Crippen LogP contribution in [0.25, 0.3) is 21.9 Å². The number of fused-ring (bicyclic) bond motifs is 3. The highest BCUT2D eigenvalue weighted by atomic mass is 32.1. The highest BCUT2D eigenvalue weighted by Crippen LogP contribution is 2.49. The molecule has 0 saturated carbocycles. The Morgan fingerprint density at radius 3 is 2.51 bits per heavy atom. The van der Waals surface area contributed by atoms with E-state index in [9.17, 15) is 22.8 Å². The van der Waals surface area contributed by atoms with E-state index in [-0.39, 0.29) is 36.1 Å². The Labute approximate surface area is 272 Å². The van der Waals surface area contributed by atoms with Crippen LogP contribution in [-0.2, 0) is 19.4 Å². The molecule has 2 aliphatic rings. The molecule has 1 fully saturated rings. The van der Waals surface area contributed by atoms with Crippen molar-refractivity contribution in [2.24, 2.45) is 0 Å². The quantitative estimate of drug-likeness (QED) is 0.177. The molecule has 2 aromatic carbocycles. The molecule has 12 heteroatoms.